The topological polar surface area (TPSA) is 53.0 Å². The van der Waals surface area contributed by atoms with Crippen LogP contribution in [0.4, 0.5) is 4.79 Å². The van der Waals surface area contributed by atoms with Gasteiger partial charge in [-0.05, 0) is 77.7 Å². The van der Waals surface area contributed by atoms with E-state index < -0.39 is 5.60 Å². The van der Waals surface area contributed by atoms with Gasteiger partial charge in [-0.25, -0.2) is 4.79 Å². The molecule has 3 aliphatic heterocycles. The van der Waals surface area contributed by atoms with Crippen LogP contribution in [-0.2, 0) is 4.74 Å². The molecule has 24 heavy (non-hydrogen) atoms. The van der Waals surface area contributed by atoms with Gasteiger partial charge in [-0.15, -0.1) is 0 Å². The molecule has 3 atom stereocenters. The number of ether oxygens (including phenoxy) is 1. The number of nitrogens with zero attached hydrogens (tertiary/aromatic N) is 2. The number of fused-ring (bicyclic) bond motifs is 2. The third kappa shape index (κ3) is 4.23. The summed E-state index contributed by atoms with van der Waals surface area (Å²) in [5.41, 5.74) is -0.416. The van der Waals surface area contributed by atoms with Crippen LogP contribution in [0.5, 0.6) is 0 Å². The van der Waals surface area contributed by atoms with E-state index in [1.165, 1.54) is 6.42 Å². The van der Waals surface area contributed by atoms with Gasteiger partial charge in [0.25, 0.3) is 0 Å². The number of amides is 1. The molecule has 5 nitrogen and oxygen atoms in total. The minimum atomic E-state index is -0.416. The number of hydrogen-bond donors (Lipinski definition) is 1. The second-order valence-electron chi connectivity index (χ2n) is 9.06. The molecule has 138 valence electrons. The van der Waals surface area contributed by atoms with Crippen LogP contribution in [0.1, 0.15) is 59.3 Å². The van der Waals surface area contributed by atoms with Crippen molar-refractivity contribution in [3.8, 4) is 0 Å². The molecule has 1 amide bonds. The highest BCUT2D eigenvalue weighted by Gasteiger charge is 2.45. The highest BCUT2D eigenvalue weighted by molar-refractivity contribution is 5.69. The number of rotatable bonds is 3. The molecule has 3 fully saturated rings. The summed E-state index contributed by atoms with van der Waals surface area (Å²) < 4.78 is 5.62. The van der Waals surface area contributed by atoms with Crippen molar-refractivity contribution in [2.24, 2.45) is 11.8 Å². The SMILES string of the molecule is CC(C)(C)OC(=O)N1C2CCC1CC(CN1CCCC(CO)C1)C2. The van der Waals surface area contributed by atoms with Crippen molar-refractivity contribution in [2.75, 3.05) is 26.2 Å². The first kappa shape index (κ1) is 18.0. The van der Waals surface area contributed by atoms with Crippen molar-refractivity contribution >= 4 is 6.09 Å². The fourth-order valence-corrected chi connectivity index (χ4v) is 4.88. The van der Waals surface area contributed by atoms with E-state index in [9.17, 15) is 9.90 Å². The normalized spacial score (nSPS) is 34.4. The molecule has 3 heterocycles. The zero-order valence-electron chi connectivity index (χ0n) is 15.5. The predicted octanol–water partition coefficient (Wildman–Crippen LogP) is 2.87. The Morgan fingerprint density at radius 1 is 1.12 bits per heavy atom. The van der Waals surface area contributed by atoms with Crippen molar-refractivity contribution in [1.29, 1.82) is 0 Å². The molecule has 3 saturated heterocycles. The van der Waals surface area contributed by atoms with Gasteiger partial charge in [0.1, 0.15) is 5.60 Å². The Bertz CT molecular complexity index is 434. The first-order valence-electron chi connectivity index (χ1n) is 9.70. The molecule has 3 rings (SSSR count). The van der Waals surface area contributed by atoms with Gasteiger partial charge in [0.15, 0.2) is 0 Å². The highest BCUT2D eigenvalue weighted by atomic mass is 16.6. The van der Waals surface area contributed by atoms with E-state index in [0.29, 0.717) is 30.5 Å². The van der Waals surface area contributed by atoms with Gasteiger partial charge in [-0.1, -0.05) is 0 Å². The molecule has 2 bridgehead atoms. The number of piperidine rings is 2. The van der Waals surface area contributed by atoms with E-state index in [1.807, 2.05) is 25.7 Å². The average molecular weight is 338 g/mol. The number of aliphatic hydroxyl groups excluding tert-OH is 1. The molecule has 3 aliphatic rings. The lowest BCUT2D eigenvalue weighted by Gasteiger charge is -2.42. The Balaban J connectivity index is 1.54. The van der Waals surface area contributed by atoms with Gasteiger partial charge in [-0.2, -0.15) is 0 Å². The smallest absolute Gasteiger partial charge is 0.410 e. The van der Waals surface area contributed by atoms with E-state index >= 15 is 0 Å². The summed E-state index contributed by atoms with van der Waals surface area (Å²) >= 11 is 0. The van der Waals surface area contributed by atoms with E-state index in [2.05, 4.69) is 4.90 Å². The largest absolute Gasteiger partial charge is 0.444 e. The van der Waals surface area contributed by atoms with Crippen molar-refractivity contribution < 1.29 is 14.6 Å². The van der Waals surface area contributed by atoms with Crippen LogP contribution in [0.25, 0.3) is 0 Å². The third-order valence-corrected chi connectivity index (χ3v) is 5.81. The molecule has 0 spiro atoms. The zero-order valence-corrected chi connectivity index (χ0v) is 15.5. The van der Waals surface area contributed by atoms with E-state index in [0.717, 1.165) is 51.7 Å². The van der Waals surface area contributed by atoms with Gasteiger partial charge in [0, 0.05) is 31.8 Å². The fraction of sp³-hybridized carbons (Fsp3) is 0.947. The molecular weight excluding hydrogens is 304 g/mol. The molecule has 0 aliphatic carbocycles. The summed E-state index contributed by atoms with van der Waals surface area (Å²) in [5, 5.41) is 9.41. The van der Waals surface area contributed by atoms with Gasteiger partial charge < -0.3 is 19.6 Å². The Labute approximate surface area is 146 Å². The van der Waals surface area contributed by atoms with Crippen molar-refractivity contribution in [1.82, 2.24) is 9.80 Å². The zero-order chi connectivity index (χ0) is 17.3. The summed E-state index contributed by atoms with van der Waals surface area (Å²) in [6, 6.07) is 0.726. The monoisotopic (exact) mass is 338 g/mol. The number of aliphatic hydroxyl groups is 1. The van der Waals surface area contributed by atoms with Crippen molar-refractivity contribution in [2.45, 2.75) is 77.0 Å². The van der Waals surface area contributed by atoms with Gasteiger partial charge >= 0.3 is 6.09 Å². The van der Waals surface area contributed by atoms with Crippen molar-refractivity contribution in [3.05, 3.63) is 0 Å². The highest BCUT2D eigenvalue weighted by Crippen LogP contribution is 2.40. The summed E-state index contributed by atoms with van der Waals surface area (Å²) in [4.78, 5) is 17.1. The molecule has 0 aromatic heterocycles. The Morgan fingerprint density at radius 2 is 1.79 bits per heavy atom. The minimum absolute atomic E-state index is 0.119. The lowest BCUT2D eigenvalue weighted by atomic mass is 9.89. The maximum absolute atomic E-state index is 12.5. The molecule has 1 N–H and O–H groups in total. The standard InChI is InChI=1S/C19H34N2O3/c1-19(2,3)24-18(23)21-16-6-7-17(21)10-15(9-16)12-20-8-4-5-14(11-20)13-22/h14-17,22H,4-13H2,1-3H3. The van der Waals surface area contributed by atoms with Crippen LogP contribution >= 0.6 is 0 Å². The fourth-order valence-electron chi connectivity index (χ4n) is 4.88. The quantitative estimate of drug-likeness (QED) is 0.860. The lowest BCUT2D eigenvalue weighted by molar-refractivity contribution is -0.00174. The predicted molar refractivity (Wildman–Crippen MR) is 93.9 cm³/mol. The molecular formula is C19H34N2O3. The number of hydrogen-bond acceptors (Lipinski definition) is 4. The number of likely N-dealkylation sites (tertiary alicyclic amines) is 1. The summed E-state index contributed by atoms with van der Waals surface area (Å²) in [7, 11) is 0. The molecule has 3 unspecified atom stereocenters. The van der Waals surface area contributed by atoms with Crippen LogP contribution in [0.15, 0.2) is 0 Å². The summed E-state index contributed by atoms with van der Waals surface area (Å²) in [6.45, 7) is 9.47. The minimum Gasteiger partial charge on any atom is -0.444 e. The molecule has 0 aromatic carbocycles. The molecule has 5 heteroatoms. The van der Waals surface area contributed by atoms with E-state index in [-0.39, 0.29) is 6.09 Å². The average Bonchev–Trinajstić information content (AvgIpc) is 2.77. The summed E-state index contributed by atoms with van der Waals surface area (Å²) in [6.07, 6.45) is 6.71. The van der Waals surface area contributed by atoms with Crippen LogP contribution in [-0.4, -0.2) is 64.9 Å². The second kappa shape index (κ2) is 7.20. The van der Waals surface area contributed by atoms with E-state index in [4.69, 9.17) is 4.74 Å². The molecule has 0 aromatic rings. The van der Waals surface area contributed by atoms with Crippen LogP contribution in [0.3, 0.4) is 0 Å². The second-order valence-corrected chi connectivity index (χ2v) is 9.06. The van der Waals surface area contributed by atoms with E-state index in [1.54, 1.807) is 0 Å². The Hall–Kier alpha value is -0.810. The van der Waals surface area contributed by atoms with Gasteiger partial charge in [-0.3, -0.25) is 0 Å². The van der Waals surface area contributed by atoms with Crippen LogP contribution in [0.2, 0.25) is 0 Å². The maximum Gasteiger partial charge on any atom is 0.410 e. The molecule has 0 radical (unpaired) electrons. The van der Waals surface area contributed by atoms with Gasteiger partial charge in [0.2, 0.25) is 0 Å². The number of carbonyl (C=O) groups excluding carboxylic acids is 1. The summed E-state index contributed by atoms with van der Waals surface area (Å²) in [5.74, 6) is 1.14. The van der Waals surface area contributed by atoms with Crippen LogP contribution < -0.4 is 0 Å². The third-order valence-electron chi connectivity index (χ3n) is 5.81. The number of carbonyl (C=O) groups is 1. The molecule has 0 saturated carbocycles. The first-order chi connectivity index (χ1) is 11.4. The Morgan fingerprint density at radius 3 is 2.38 bits per heavy atom. The van der Waals surface area contributed by atoms with Crippen molar-refractivity contribution in [3.63, 3.8) is 0 Å². The first-order valence-corrected chi connectivity index (χ1v) is 9.70. The Kier molecular flexibility index (Phi) is 5.40. The van der Waals surface area contributed by atoms with Gasteiger partial charge in [0.05, 0.1) is 0 Å². The van der Waals surface area contributed by atoms with Crippen LogP contribution in [0, 0.1) is 11.8 Å². The lowest BCUT2D eigenvalue weighted by Crippen LogP contribution is -2.50. The maximum atomic E-state index is 12.5.